The van der Waals surface area contributed by atoms with Gasteiger partial charge in [-0.25, -0.2) is 9.78 Å². The molecule has 160 valence electrons. The first-order valence-corrected chi connectivity index (χ1v) is 10.6. The van der Waals surface area contributed by atoms with Gasteiger partial charge >= 0.3 is 5.97 Å². The molecule has 1 aromatic heterocycles. The van der Waals surface area contributed by atoms with Gasteiger partial charge in [-0.15, -0.1) is 0 Å². The van der Waals surface area contributed by atoms with Crippen molar-refractivity contribution >= 4 is 46.0 Å². The van der Waals surface area contributed by atoms with Crippen LogP contribution in [0.5, 0.6) is 0 Å². The largest absolute Gasteiger partial charge is 0.452 e. The molecule has 1 N–H and O–H groups in total. The summed E-state index contributed by atoms with van der Waals surface area (Å²) < 4.78 is 5.29. The SMILES string of the molecule is O=C(COC(=O)c1cc(-c2ccc(Cl)cc2)nc2ccccc12)NCc1ccccc1Cl. The minimum atomic E-state index is -0.605. The Hall–Kier alpha value is -3.41. The van der Waals surface area contributed by atoms with Crippen molar-refractivity contribution in [1.82, 2.24) is 10.3 Å². The fourth-order valence-electron chi connectivity index (χ4n) is 3.21. The molecular formula is C25H18Cl2N2O3. The third-order valence-corrected chi connectivity index (χ3v) is 5.46. The number of hydrogen-bond acceptors (Lipinski definition) is 4. The highest BCUT2D eigenvalue weighted by Gasteiger charge is 2.16. The number of nitrogens with one attached hydrogen (secondary N) is 1. The molecule has 1 heterocycles. The molecule has 4 aromatic rings. The highest BCUT2D eigenvalue weighted by molar-refractivity contribution is 6.31. The molecule has 0 spiro atoms. The third-order valence-electron chi connectivity index (χ3n) is 4.84. The van der Waals surface area contributed by atoms with Crippen LogP contribution in [-0.4, -0.2) is 23.5 Å². The van der Waals surface area contributed by atoms with E-state index >= 15 is 0 Å². The number of nitrogens with zero attached hydrogens (tertiary/aromatic N) is 1. The van der Waals surface area contributed by atoms with Crippen LogP contribution in [-0.2, 0) is 16.1 Å². The predicted molar refractivity (Wildman–Crippen MR) is 126 cm³/mol. The van der Waals surface area contributed by atoms with Crippen LogP contribution >= 0.6 is 23.2 Å². The molecule has 0 aliphatic heterocycles. The lowest BCUT2D eigenvalue weighted by atomic mass is 10.0. The molecule has 0 fully saturated rings. The molecule has 0 saturated heterocycles. The molecule has 0 aliphatic carbocycles. The predicted octanol–water partition coefficient (Wildman–Crippen LogP) is 5.68. The number of ether oxygens (including phenoxy) is 1. The van der Waals surface area contributed by atoms with E-state index in [-0.39, 0.29) is 6.54 Å². The zero-order chi connectivity index (χ0) is 22.5. The number of carbonyl (C=O) groups is 2. The maximum atomic E-state index is 12.9. The lowest BCUT2D eigenvalue weighted by Crippen LogP contribution is -2.28. The summed E-state index contributed by atoms with van der Waals surface area (Å²) in [6, 6.07) is 23.3. The Morgan fingerprint density at radius 3 is 2.41 bits per heavy atom. The van der Waals surface area contributed by atoms with E-state index < -0.39 is 18.5 Å². The zero-order valence-electron chi connectivity index (χ0n) is 16.8. The van der Waals surface area contributed by atoms with Gasteiger partial charge in [0.1, 0.15) is 0 Å². The number of para-hydroxylation sites is 1. The Labute approximate surface area is 194 Å². The van der Waals surface area contributed by atoms with Gasteiger partial charge in [-0.3, -0.25) is 4.79 Å². The van der Waals surface area contributed by atoms with Crippen LogP contribution < -0.4 is 5.32 Å². The third kappa shape index (κ3) is 5.07. The summed E-state index contributed by atoms with van der Waals surface area (Å²) >= 11 is 12.1. The van der Waals surface area contributed by atoms with Gasteiger partial charge in [-0.2, -0.15) is 0 Å². The summed E-state index contributed by atoms with van der Waals surface area (Å²) in [5, 5.41) is 4.51. The summed E-state index contributed by atoms with van der Waals surface area (Å²) in [6.45, 7) is -0.162. The number of hydrogen-bond donors (Lipinski definition) is 1. The van der Waals surface area contributed by atoms with E-state index in [2.05, 4.69) is 10.3 Å². The molecule has 7 heteroatoms. The van der Waals surface area contributed by atoms with Crippen LogP contribution in [0.3, 0.4) is 0 Å². The van der Waals surface area contributed by atoms with E-state index in [9.17, 15) is 9.59 Å². The fraction of sp³-hybridized carbons (Fsp3) is 0.0800. The molecule has 0 saturated carbocycles. The molecule has 0 atom stereocenters. The summed E-state index contributed by atoms with van der Waals surface area (Å²) in [5.74, 6) is -1.03. The Kier molecular flexibility index (Phi) is 6.69. The van der Waals surface area contributed by atoms with Crippen molar-refractivity contribution in [1.29, 1.82) is 0 Å². The van der Waals surface area contributed by atoms with Gasteiger partial charge in [-0.1, -0.05) is 71.7 Å². The summed E-state index contributed by atoms with van der Waals surface area (Å²) in [7, 11) is 0. The minimum Gasteiger partial charge on any atom is -0.452 e. The lowest BCUT2D eigenvalue weighted by molar-refractivity contribution is -0.124. The van der Waals surface area contributed by atoms with E-state index in [1.165, 1.54) is 0 Å². The van der Waals surface area contributed by atoms with E-state index in [1.54, 1.807) is 30.3 Å². The van der Waals surface area contributed by atoms with Crippen LogP contribution in [0.15, 0.2) is 78.9 Å². The molecule has 0 aliphatic rings. The smallest absolute Gasteiger partial charge is 0.339 e. The highest BCUT2D eigenvalue weighted by atomic mass is 35.5. The van der Waals surface area contributed by atoms with Crippen molar-refractivity contribution in [3.63, 3.8) is 0 Å². The molecule has 0 bridgehead atoms. The molecule has 4 rings (SSSR count). The topological polar surface area (TPSA) is 68.3 Å². The maximum Gasteiger partial charge on any atom is 0.339 e. The Morgan fingerprint density at radius 1 is 0.906 bits per heavy atom. The number of rotatable bonds is 6. The van der Waals surface area contributed by atoms with Crippen LogP contribution in [0.25, 0.3) is 22.2 Å². The van der Waals surface area contributed by atoms with E-state index in [0.29, 0.717) is 32.2 Å². The Morgan fingerprint density at radius 2 is 1.62 bits per heavy atom. The van der Waals surface area contributed by atoms with E-state index in [4.69, 9.17) is 27.9 Å². The molecule has 5 nitrogen and oxygen atoms in total. The standard InChI is InChI=1S/C25H18Cl2N2O3/c26-18-11-9-16(10-12-18)23-13-20(19-6-2-4-8-22(19)29-23)25(31)32-15-24(30)28-14-17-5-1-3-7-21(17)27/h1-13H,14-15H2,(H,28,30). The lowest BCUT2D eigenvalue weighted by Gasteiger charge is -2.11. The second-order valence-electron chi connectivity index (χ2n) is 7.02. The van der Waals surface area contributed by atoms with Gasteiger partial charge in [0.25, 0.3) is 5.91 Å². The number of carbonyl (C=O) groups excluding carboxylic acids is 2. The molecule has 32 heavy (non-hydrogen) atoms. The number of esters is 1. The molecule has 1 amide bonds. The van der Waals surface area contributed by atoms with E-state index in [0.717, 1.165) is 11.1 Å². The number of pyridine rings is 1. The quantitative estimate of drug-likeness (QED) is 0.372. The minimum absolute atomic E-state index is 0.245. The molecule has 3 aromatic carbocycles. The van der Waals surface area contributed by atoms with Gasteiger partial charge in [0, 0.05) is 27.5 Å². The second kappa shape index (κ2) is 9.81. The molecule has 0 radical (unpaired) electrons. The van der Waals surface area contributed by atoms with Crippen LogP contribution in [0.1, 0.15) is 15.9 Å². The van der Waals surface area contributed by atoms with Crippen LogP contribution in [0, 0.1) is 0 Å². The summed E-state index contributed by atoms with van der Waals surface area (Å²) in [4.78, 5) is 29.7. The summed E-state index contributed by atoms with van der Waals surface area (Å²) in [5.41, 5.74) is 3.18. The number of amides is 1. The number of fused-ring (bicyclic) bond motifs is 1. The van der Waals surface area contributed by atoms with Gasteiger partial charge in [-0.05, 0) is 35.9 Å². The van der Waals surface area contributed by atoms with Gasteiger partial charge in [0.2, 0.25) is 0 Å². The van der Waals surface area contributed by atoms with E-state index in [1.807, 2.05) is 48.5 Å². The van der Waals surface area contributed by atoms with Crippen molar-refractivity contribution in [2.24, 2.45) is 0 Å². The van der Waals surface area contributed by atoms with Crippen molar-refractivity contribution < 1.29 is 14.3 Å². The van der Waals surface area contributed by atoms with Crippen molar-refractivity contribution in [3.05, 3.63) is 100 Å². The van der Waals surface area contributed by atoms with Crippen LogP contribution in [0.2, 0.25) is 10.0 Å². The highest BCUT2D eigenvalue weighted by Crippen LogP contribution is 2.26. The fourth-order valence-corrected chi connectivity index (χ4v) is 3.54. The van der Waals surface area contributed by atoms with Crippen molar-refractivity contribution in [3.8, 4) is 11.3 Å². The first kappa shape index (κ1) is 21.8. The number of halogens is 2. The molecule has 0 unspecified atom stereocenters. The Balaban J connectivity index is 1.50. The zero-order valence-corrected chi connectivity index (χ0v) is 18.4. The first-order chi connectivity index (χ1) is 15.5. The summed E-state index contributed by atoms with van der Waals surface area (Å²) in [6.07, 6.45) is 0. The monoisotopic (exact) mass is 464 g/mol. The van der Waals surface area contributed by atoms with Crippen LogP contribution in [0.4, 0.5) is 0 Å². The Bertz CT molecular complexity index is 1290. The van der Waals surface area contributed by atoms with Gasteiger partial charge in [0.15, 0.2) is 6.61 Å². The normalized spacial score (nSPS) is 10.7. The average Bonchev–Trinajstić information content (AvgIpc) is 2.81. The van der Waals surface area contributed by atoms with Crippen molar-refractivity contribution in [2.45, 2.75) is 6.54 Å². The van der Waals surface area contributed by atoms with Gasteiger partial charge < -0.3 is 10.1 Å². The average molecular weight is 465 g/mol. The van der Waals surface area contributed by atoms with Crippen molar-refractivity contribution in [2.75, 3.05) is 6.61 Å². The second-order valence-corrected chi connectivity index (χ2v) is 7.87. The first-order valence-electron chi connectivity index (χ1n) is 9.84. The number of aromatic nitrogens is 1. The number of benzene rings is 3. The maximum absolute atomic E-state index is 12.9. The van der Waals surface area contributed by atoms with Gasteiger partial charge in [0.05, 0.1) is 16.8 Å². The molecular weight excluding hydrogens is 447 g/mol.